The average Bonchev–Trinajstić information content (AvgIpc) is 2.80. The summed E-state index contributed by atoms with van der Waals surface area (Å²) in [5.41, 5.74) is 5.67. The largest absolute Gasteiger partial charge is 0.492 e. The normalized spacial score (nSPS) is 17.9. The van der Waals surface area contributed by atoms with Crippen molar-refractivity contribution in [3.63, 3.8) is 0 Å². The van der Waals surface area contributed by atoms with E-state index in [1.807, 2.05) is 0 Å². The minimum Gasteiger partial charge on any atom is -0.492 e. The van der Waals surface area contributed by atoms with Crippen LogP contribution in [0.4, 0.5) is 4.39 Å². The molecule has 1 fully saturated rings. The van der Waals surface area contributed by atoms with Crippen LogP contribution in [-0.2, 0) is 0 Å². The zero-order valence-electron chi connectivity index (χ0n) is 7.59. The van der Waals surface area contributed by atoms with Gasteiger partial charge in [-0.1, -0.05) is 15.9 Å². The van der Waals surface area contributed by atoms with Gasteiger partial charge in [-0.3, -0.25) is 0 Å². The molecule has 2 N–H and O–H groups in total. The van der Waals surface area contributed by atoms with Crippen molar-refractivity contribution in [3.8, 4) is 5.75 Å². The molecule has 0 aliphatic heterocycles. The van der Waals surface area contributed by atoms with Gasteiger partial charge in [0.2, 0.25) is 0 Å². The van der Waals surface area contributed by atoms with Crippen LogP contribution < -0.4 is 10.5 Å². The number of hydrogen-bond acceptors (Lipinski definition) is 2. The molecule has 1 aromatic carbocycles. The van der Waals surface area contributed by atoms with Crippen molar-refractivity contribution in [2.75, 3.05) is 6.61 Å². The van der Waals surface area contributed by atoms with E-state index in [-0.39, 0.29) is 11.4 Å². The lowest BCUT2D eigenvalue weighted by atomic mass is 10.3. The Morgan fingerprint density at radius 3 is 2.71 bits per heavy atom. The second kappa shape index (κ2) is 3.51. The highest BCUT2D eigenvalue weighted by molar-refractivity contribution is 9.10. The van der Waals surface area contributed by atoms with Crippen molar-refractivity contribution in [2.45, 2.75) is 18.4 Å². The van der Waals surface area contributed by atoms with Crippen molar-refractivity contribution in [1.82, 2.24) is 0 Å². The first kappa shape index (κ1) is 9.93. The fourth-order valence-corrected chi connectivity index (χ4v) is 1.59. The highest BCUT2D eigenvalue weighted by atomic mass is 79.9. The van der Waals surface area contributed by atoms with Crippen LogP contribution in [0.5, 0.6) is 5.75 Å². The number of rotatable bonds is 3. The summed E-state index contributed by atoms with van der Waals surface area (Å²) in [6.45, 7) is 0.461. The van der Waals surface area contributed by atoms with Gasteiger partial charge in [0.1, 0.15) is 18.2 Å². The Balaban J connectivity index is 2.01. The van der Waals surface area contributed by atoms with Gasteiger partial charge in [-0.25, -0.2) is 4.39 Å². The van der Waals surface area contributed by atoms with Gasteiger partial charge in [0.15, 0.2) is 0 Å². The Labute approximate surface area is 90.4 Å². The summed E-state index contributed by atoms with van der Waals surface area (Å²) in [6, 6.07) is 4.48. The maximum absolute atomic E-state index is 12.9. The number of nitrogens with two attached hydrogens (primary N) is 1. The van der Waals surface area contributed by atoms with Crippen molar-refractivity contribution in [2.24, 2.45) is 5.73 Å². The van der Waals surface area contributed by atoms with Gasteiger partial charge >= 0.3 is 0 Å². The predicted molar refractivity (Wildman–Crippen MR) is 55.7 cm³/mol. The molecule has 1 aliphatic carbocycles. The lowest BCUT2D eigenvalue weighted by Gasteiger charge is -2.11. The summed E-state index contributed by atoms with van der Waals surface area (Å²) in [5.74, 6) is 0.213. The molecule has 0 heterocycles. The van der Waals surface area contributed by atoms with E-state index >= 15 is 0 Å². The van der Waals surface area contributed by atoms with E-state index < -0.39 is 0 Å². The Kier molecular flexibility index (Phi) is 2.49. The topological polar surface area (TPSA) is 35.2 Å². The van der Waals surface area contributed by atoms with Crippen molar-refractivity contribution in [1.29, 1.82) is 0 Å². The molecule has 1 aromatic rings. The van der Waals surface area contributed by atoms with Gasteiger partial charge in [-0.15, -0.1) is 0 Å². The molecular weight excluding hydrogens is 249 g/mol. The predicted octanol–water partition coefficient (Wildman–Crippen LogP) is 2.46. The van der Waals surface area contributed by atoms with Crippen LogP contribution in [0, 0.1) is 5.82 Å². The molecule has 4 heteroatoms. The van der Waals surface area contributed by atoms with Gasteiger partial charge in [0.05, 0.1) is 5.54 Å². The van der Waals surface area contributed by atoms with Crippen molar-refractivity contribution in [3.05, 3.63) is 28.5 Å². The molecule has 76 valence electrons. The summed E-state index contributed by atoms with van der Waals surface area (Å²) in [4.78, 5) is 0. The van der Waals surface area contributed by atoms with E-state index in [0.29, 0.717) is 16.8 Å². The Hall–Kier alpha value is -0.610. The fourth-order valence-electron chi connectivity index (χ4n) is 1.14. The van der Waals surface area contributed by atoms with Crippen LogP contribution >= 0.6 is 15.9 Å². The smallest absolute Gasteiger partial charge is 0.128 e. The third-order valence-corrected chi connectivity index (χ3v) is 2.71. The van der Waals surface area contributed by atoms with Crippen molar-refractivity contribution >= 4 is 15.9 Å². The van der Waals surface area contributed by atoms with Crippen LogP contribution in [0.1, 0.15) is 12.8 Å². The van der Waals surface area contributed by atoms with Gasteiger partial charge in [0.25, 0.3) is 0 Å². The van der Waals surface area contributed by atoms with E-state index in [4.69, 9.17) is 10.5 Å². The van der Waals surface area contributed by atoms with Crippen LogP contribution in [-0.4, -0.2) is 12.1 Å². The first-order valence-corrected chi connectivity index (χ1v) is 5.25. The summed E-state index contributed by atoms with van der Waals surface area (Å²) in [6.07, 6.45) is 1.98. The van der Waals surface area contributed by atoms with Gasteiger partial charge in [-0.05, 0) is 25.0 Å². The fraction of sp³-hybridized carbons (Fsp3) is 0.400. The van der Waals surface area contributed by atoms with E-state index in [0.717, 1.165) is 12.8 Å². The molecule has 0 bridgehead atoms. The number of ether oxygens (including phenoxy) is 1. The molecule has 0 atom stereocenters. The Morgan fingerprint density at radius 1 is 1.43 bits per heavy atom. The molecule has 0 saturated heterocycles. The van der Waals surface area contributed by atoms with Crippen molar-refractivity contribution < 1.29 is 9.13 Å². The summed E-state index contributed by atoms with van der Waals surface area (Å²) in [5, 5.41) is 0. The molecule has 14 heavy (non-hydrogen) atoms. The van der Waals surface area contributed by atoms with Crippen LogP contribution in [0.3, 0.4) is 0 Å². The summed E-state index contributed by atoms with van der Waals surface area (Å²) < 4.78 is 19.0. The first-order chi connectivity index (χ1) is 6.57. The lowest BCUT2D eigenvalue weighted by Crippen LogP contribution is -2.29. The molecule has 0 unspecified atom stereocenters. The van der Waals surface area contributed by atoms with Gasteiger partial charge < -0.3 is 10.5 Å². The first-order valence-electron chi connectivity index (χ1n) is 4.45. The SMILES string of the molecule is NC1(COc2cc(F)cc(Br)c2)CC1. The van der Waals surface area contributed by atoms with Crippen LogP contribution in [0.15, 0.2) is 22.7 Å². The van der Waals surface area contributed by atoms with Crippen LogP contribution in [0.2, 0.25) is 0 Å². The van der Waals surface area contributed by atoms with E-state index in [1.54, 1.807) is 6.07 Å². The highest BCUT2D eigenvalue weighted by Gasteiger charge is 2.39. The lowest BCUT2D eigenvalue weighted by molar-refractivity contribution is 0.278. The molecule has 0 aromatic heterocycles. The molecule has 1 saturated carbocycles. The number of halogens is 2. The minimum absolute atomic E-state index is 0.168. The molecule has 2 nitrogen and oxygen atoms in total. The quantitative estimate of drug-likeness (QED) is 0.906. The second-order valence-corrected chi connectivity index (χ2v) is 4.67. The third kappa shape index (κ3) is 2.45. The molecular formula is C10H11BrFNO. The average molecular weight is 260 g/mol. The van der Waals surface area contributed by atoms with Crippen LogP contribution in [0.25, 0.3) is 0 Å². The second-order valence-electron chi connectivity index (χ2n) is 3.76. The molecule has 0 spiro atoms. The van der Waals surface area contributed by atoms with Gasteiger partial charge in [-0.2, -0.15) is 0 Å². The van der Waals surface area contributed by atoms with Gasteiger partial charge in [0, 0.05) is 10.5 Å². The van der Waals surface area contributed by atoms with E-state index in [1.165, 1.54) is 12.1 Å². The zero-order chi connectivity index (χ0) is 10.2. The molecule has 1 aliphatic rings. The highest BCUT2D eigenvalue weighted by Crippen LogP contribution is 2.33. The minimum atomic E-state index is -0.309. The zero-order valence-corrected chi connectivity index (χ0v) is 9.18. The summed E-state index contributed by atoms with van der Waals surface area (Å²) >= 11 is 3.20. The number of hydrogen-bond donors (Lipinski definition) is 1. The molecule has 0 radical (unpaired) electrons. The number of benzene rings is 1. The Morgan fingerprint density at radius 2 is 2.14 bits per heavy atom. The maximum atomic E-state index is 12.9. The third-order valence-electron chi connectivity index (χ3n) is 2.25. The maximum Gasteiger partial charge on any atom is 0.128 e. The Bertz CT molecular complexity index is 332. The summed E-state index contributed by atoms with van der Waals surface area (Å²) in [7, 11) is 0. The van der Waals surface area contributed by atoms with E-state index in [9.17, 15) is 4.39 Å². The van der Waals surface area contributed by atoms with E-state index in [2.05, 4.69) is 15.9 Å². The molecule has 0 amide bonds. The standard InChI is InChI=1S/C10H11BrFNO/c11-7-3-8(12)5-9(4-7)14-6-10(13)1-2-10/h3-5H,1-2,6,13H2. The monoisotopic (exact) mass is 259 g/mol. The molecule has 2 rings (SSSR count).